The Hall–Kier alpha value is -3.66. The number of rotatable bonds is 9. The molecule has 1 saturated heterocycles. The van der Waals surface area contributed by atoms with Crippen LogP contribution in [0.15, 0.2) is 60.9 Å². The van der Waals surface area contributed by atoms with Gasteiger partial charge in [0.15, 0.2) is 0 Å². The quantitative estimate of drug-likeness (QED) is 0.428. The van der Waals surface area contributed by atoms with E-state index in [1.807, 2.05) is 12.1 Å². The SMILES string of the molecule is CC(C)N1CC(COc2cc(CNc3ncccc3C(=O)Nc3ccc(C(F)(F)F)cc3)ccn2)C1. The summed E-state index contributed by atoms with van der Waals surface area (Å²) < 4.78 is 44.2. The van der Waals surface area contributed by atoms with E-state index in [2.05, 4.69) is 39.3 Å². The van der Waals surface area contributed by atoms with Crippen molar-refractivity contribution in [1.82, 2.24) is 14.9 Å². The molecule has 0 atom stereocenters. The lowest BCUT2D eigenvalue weighted by Gasteiger charge is -2.41. The number of halogens is 3. The fourth-order valence-electron chi connectivity index (χ4n) is 3.84. The Morgan fingerprint density at radius 1 is 1.11 bits per heavy atom. The Morgan fingerprint density at radius 3 is 2.56 bits per heavy atom. The highest BCUT2D eigenvalue weighted by atomic mass is 19.4. The summed E-state index contributed by atoms with van der Waals surface area (Å²) in [6.45, 7) is 7.40. The number of pyridine rings is 2. The highest BCUT2D eigenvalue weighted by molar-refractivity contribution is 6.07. The minimum atomic E-state index is -4.44. The van der Waals surface area contributed by atoms with Crippen LogP contribution in [-0.2, 0) is 12.7 Å². The van der Waals surface area contributed by atoms with Crippen molar-refractivity contribution in [3.8, 4) is 5.88 Å². The summed E-state index contributed by atoms with van der Waals surface area (Å²) in [5, 5.41) is 5.76. The van der Waals surface area contributed by atoms with Gasteiger partial charge in [-0.25, -0.2) is 9.97 Å². The first kappa shape index (κ1) is 25.4. The molecule has 0 radical (unpaired) electrons. The summed E-state index contributed by atoms with van der Waals surface area (Å²) in [6, 6.07) is 11.7. The number of hydrogen-bond acceptors (Lipinski definition) is 6. The first-order valence-corrected chi connectivity index (χ1v) is 11.7. The number of likely N-dealkylation sites (tertiary alicyclic amines) is 1. The van der Waals surface area contributed by atoms with Crippen LogP contribution in [-0.4, -0.2) is 46.5 Å². The zero-order valence-electron chi connectivity index (χ0n) is 20.0. The Bertz CT molecular complexity index is 1180. The molecule has 36 heavy (non-hydrogen) atoms. The van der Waals surface area contributed by atoms with Gasteiger partial charge in [-0.2, -0.15) is 13.2 Å². The number of benzene rings is 1. The molecule has 3 heterocycles. The van der Waals surface area contributed by atoms with Gasteiger partial charge in [0.1, 0.15) is 5.82 Å². The van der Waals surface area contributed by atoms with E-state index in [9.17, 15) is 18.0 Å². The van der Waals surface area contributed by atoms with E-state index < -0.39 is 17.6 Å². The number of anilines is 2. The molecule has 0 unspecified atom stereocenters. The van der Waals surface area contributed by atoms with Crippen molar-refractivity contribution in [2.24, 2.45) is 5.92 Å². The first-order chi connectivity index (χ1) is 17.2. The van der Waals surface area contributed by atoms with Gasteiger partial charge < -0.3 is 20.3 Å². The van der Waals surface area contributed by atoms with Crippen LogP contribution in [0, 0.1) is 5.92 Å². The lowest BCUT2D eigenvalue weighted by Crippen LogP contribution is -2.52. The number of carbonyl (C=O) groups is 1. The third-order valence-electron chi connectivity index (χ3n) is 5.96. The molecule has 1 aromatic carbocycles. The predicted molar refractivity (Wildman–Crippen MR) is 131 cm³/mol. The Balaban J connectivity index is 1.34. The highest BCUT2D eigenvalue weighted by Crippen LogP contribution is 2.30. The van der Waals surface area contributed by atoms with Crippen molar-refractivity contribution in [3.63, 3.8) is 0 Å². The van der Waals surface area contributed by atoms with Gasteiger partial charge in [-0.15, -0.1) is 0 Å². The summed E-state index contributed by atoms with van der Waals surface area (Å²) in [5.41, 5.74) is 0.636. The minimum absolute atomic E-state index is 0.252. The van der Waals surface area contributed by atoms with Gasteiger partial charge in [0.2, 0.25) is 5.88 Å². The number of carbonyl (C=O) groups excluding carboxylic acids is 1. The van der Waals surface area contributed by atoms with Gasteiger partial charge >= 0.3 is 6.18 Å². The number of hydrogen-bond donors (Lipinski definition) is 2. The molecule has 0 spiro atoms. The van der Waals surface area contributed by atoms with Crippen molar-refractivity contribution in [3.05, 3.63) is 77.6 Å². The van der Waals surface area contributed by atoms with Gasteiger partial charge in [-0.1, -0.05) is 0 Å². The average molecular weight is 500 g/mol. The summed E-state index contributed by atoms with van der Waals surface area (Å²) in [4.78, 5) is 23.7. The molecule has 1 amide bonds. The molecule has 2 N–H and O–H groups in total. The van der Waals surface area contributed by atoms with Crippen LogP contribution in [0.3, 0.4) is 0 Å². The maximum absolute atomic E-state index is 12.8. The van der Waals surface area contributed by atoms with E-state index in [1.54, 1.807) is 24.5 Å². The Kier molecular flexibility index (Phi) is 7.73. The van der Waals surface area contributed by atoms with Gasteiger partial charge in [0.25, 0.3) is 5.91 Å². The summed E-state index contributed by atoms with van der Waals surface area (Å²) in [6.07, 6.45) is -1.21. The molecule has 7 nitrogen and oxygen atoms in total. The van der Waals surface area contributed by atoms with Crippen LogP contribution >= 0.6 is 0 Å². The lowest BCUT2D eigenvalue weighted by molar-refractivity contribution is -0.137. The molecule has 10 heteroatoms. The topological polar surface area (TPSA) is 79.4 Å². The second-order valence-corrected chi connectivity index (χ2v) is 9.01. The number of ether oxygens (including phenoxy) is 1. The molecule has 2 aromatic heterocycles. The third-order valence-corrected chi connectivity index (χ3v) is 5.96. The monoisotopic (exact) mass is 499 g/mol. The number of nitrogens with zero attached hydrogens (tertiary/aromatic N) is 3. The molecular formula is C26H28F3N5O2. The smallest absolute Gasteiger partial charge is 0.416 e. The van der Waals surface area contributed by atoms with E-state index in [4.69, 9.17) is 4.74 Å². The largest absolute Gasteiger partial charge is 0.477 e. The van der Waals surface area contributed by atoms with Crippen molar-refractivity contribution in [2.75, 3.05) is 30.3 Å². The molecule has 0 aliphatic carbocycles. The molecule has 1 aliphatic rings. The van der Waals surface area contributed by atoms with Gasteiger partial charge in [-0.05, 0) is 61.9 Å². The second-order valence-electron chi connectivity index (χ2n) is 9.01. The van der Waals surface area contributed by atoms with E-state index >= 15 is 0 Å². The molecule has 4 rings (SSSR count). The zero-order chi connectivity index (χ0) is 25.7. The van der Waals surface area contributed by atoms with Crippen LogP contribution in [0.2, 0.25) is 0 Å². The summed E-state index contributed by atoms with van der Waals surface area (Å²) in [7, 11) is 0. The zero-order valence-corrected chi connectivity index (χ0v) is 20.0. The lowest BCUT2D eigenvalue weighted by atomic mass is 9.99. The Morgan fingerprint density at radius 2 is 1.86 bits per heavy atom. The fourth-order valence-corrected chi connectivity index (χ4v) is 3.84. The molecule has 0 bridgehead atoms. The highest BCUT2D eigenvalue weighted by Gasteiger charge is 2.30. The molecule has 1 aliphatic heterocycles. The van der Waals surface area contributed by atoms with E-state index in [0.29, 0.717) is 36.8 Å². The number of nitrogens with one attached hydrogen (secondary N) is 2. The third kappa shape index (κ3) is 6.51. The van der Waals surface area contributed by atoms with Crippen LogP contribution in [0.5, 0.6) is 5.88 Å². The Labute approximate surface area is 207 Å². The molecule has 3 aromatic rings. The molecule has 190 valence electrons. The maximum atomic E-state index is 12.8. The average Bonchev–Trinajstić information content (AvgIpc) is 2.82. The van der Waals surface area contributed by atoms with E-state index in [1.165, 1.54) is 12.1 Å². The fraction of sp³-hybridized carbons (Fsp3) is 0.346. The van der Waals surface area contributed by atoms with Gasteiger partial charge in [0, 0.05) is 55.7 Å². The number of amides is 1. The van der Waals surface area contributed by atoms with Crippen LogP contribution in [0.1, 0.15) is 35.3 Å². The van der Waals surface area contributed by atoms with Crippen molar-refractivity contribution < 1.29 is 22.7 Å². The predicted octanol–water partition coefficient (Wildman–Crippen LogP) is 5.08. The van der Waals surface area contributed by atoms with Gasteiger partial charge in [0.05, 0.1) is 17.7 Å². The van der Waals surface area contributed by atoms with Crippen LogP contribution in [0.4, 0.5) is 24.7 Å². The molecular weight excluding hydrogens is 471 g/mol. The van der Waals surface area contributed by atoms with Gasteiger partial charge in [-0.3, -0.25) is 4.79 Å². The van der Waals surface area contributed by atoms with Crippen LogP contribution in [0.25, 0.3) is 0 Å². The van der Waals surface area contributed by atoms with E-state index in [0.717, 1.165) is 30.8 Å². The normalized spacial score (nSPS) is 14.4. The first-order valence-electron chi connectivity index (χ1n) is 11.7. The van der Waals surface area contributed by atoms with Crippen molar-refractivity contribution in [2.45, 2.75) is 32.6 Å². The molecule has 0 saturated carbocycles. The standard InChI is InChI=1S/C26H28F3N5O2/c1-17(2)34-14-19(15-34)16-36-23-12-18(9-11-30-23)13-32-24-22(4-3-10-31-24)25(35)33-21-7-5-20(6-8-21)26(27,28)29/h3-12,17,19H,13-16H2,1-2H3,(H,31,32)(H,33,35). The summed E-state index contributed by atoms with van der Waals surface area (Å²) >= 11 is 0. The van der Waals surface area contributed by atoms with Crippen molar-refractivity contribution in [1.29, 1.82) is 0 Å². The summed E-state index contributed by atoms with van der Waals surface area (Å²) in [5.74, 6) is 0.901. The minimum Gasteiger partial charge on any atom is -0.477 e. The maximum Gasteiger partial charge on any atom is 0.416 e. The molecule has 1 fully saturated rings. The second kappa shape index (κ2) is 10.9. The van der Waals surface area contributed by atoms with E-state index in [-0.39, 0.29) is 11.3 Å². The number of aromatic nitrogens is 2. The van der Waals surface area contributed by atoms with Crippen molar-refractivity contribution >= 4 is 17.4 Å². The van der Waals surface area contributed by atoms with Crippen LogP contribution < -0.4 is 15.4 Å². The number of alkyl halides is 3.